The van der Waals surface area contributed by atoms with Crippen molar-refractivity contribution in [2.24, 2.45) is 5.10 Å². The molecule has 0 aliphatic carbocycles. The van der Waals surface area contributed by atoms with Crippen LogP contribution in [0.3, 0.4) is 0 Å². The number of thioether (sulfide) groups is 1. The van der Waals surface area contributed by atoms with Crippen LogP contribution in [0.4, 0.5) is 0 Å². The molecule has 1 heterocycles. The van der Waals surface area contributed by atoms with Gasteiger partial charge in [0.05, 0.1) is 17.5 Å². The Morgan fingerprint density at radius 1 is 1.11 bits per heavy atom. The Labute approximate surface area is 163 Å². The van der Waals surface area contributed by atoms with E-state index < -0.39 is 5.97 Å². The second kappa shape index (κ2) is 9.06. The van der Waals surface area contributed by atoms with E-state index in [9.17, 15) is 9.59 Å². The number of amides is 1. The first-order valence-corrected chi connectivity index (χ1v) is 9.59. The summed E-state index contributed by atoms with van der Waals surface area (Å²) in [6, 6.07) is 16.1. The van der Waals surface area contributed by atoms with Gasteiger partial charge >= 0.3 is 5.97 Å². The third-order valence-electron chi connectivity index (χ3n) is 3.34. The van der Waals surface area contributed by atoms with Gasteiger partial charge < -0.3 is 5.11 Å². The minimum Gasteiger partial charge on any atom is -0.478 e. The number of hydrogen-bond donors (Lipinski definition) is 2. The van der Waals surface area contributed by atoms with Crippen molar-refractivity contribution in [2.45, 2.75) is 4.34 Å². The minimum atomic E-state index is -1.05. The summed E-state index contributed by atoms with van der Waals surface area (Å²) in [5, 5.41) is 21.9. The number of hydrogen-bond acceptors (Lipinski definition) is 7. The molecule has 0 atom stereocenters. The Balaban J connectivity index is 1.52. The number of nitrogens with one attached hydrogen (secondary N) is 1. The summed E-state index contributed by atoms with van der Waals surface area (Å²) in [5.41, 5.74) is 3.89. The molecule has 1 amide bonds. The van der Waals surface area contributed by atoms with Gasteiger partial charge in [-0.1, -0.05) is 71.6 Å². The van der Waals surface area contributed by atoms with E-state index in [0.717, 1.165) is 10.6 Å². The van der Waals surface area contributed by atoms with Crippen LogP contribution in [0.1, 0.15) is 15.9 Å². The van der Waals surface area contributed by atoms with Gasteiger partial charge in [-0.3, -0.25) is 4.79 Å². The van der Waals surface area contributed by atoms with Crippen LogP contribution in [0.15, 0.2) is 64.0 Å². The van der Waals surface area contributed by atoms with E-state index in [-0.39, 0.29) is 17.2 Å². The predicted octanol–water partition coefficient (Wildman–Crippen LogP) is 3.15. The average Bonchev–Trinajstić information content (AvgIpc) is 3.16. The highest BCUT2D eigenvalue weighted by Crippen LogP contribution is 2.28. The lowest BCUT2D eigenvalue weighted by Gasteiger charge is -2.00. The topological polar surface area (TPSA) is 105 Å². The molecule has 136 valence electrons. The second-order valence-electron chi connectivity index (χ2n) is 5.21. The molecule has 0 saturated heterocycles. The Bertz CT molecular complexity index is 974. The smallest absolute Gasteiger partial charge is 0.336 e. The van der Waals surface area contributed by atoms with Crippen molar-refractivity contribution < 1.29 is 14.7 Å². The Hall–Kier alpha value is -3.04. The number of carbonyl (C=O) groups is 2. The van der Waals surface area contributed by atoms with Crippen LogP contribution >= 0.6 is 23.1 Å². The Morgan fingerprint density at radius 3 is 2.63 bits per heavy atom. The van der Waals surface area contributed by atoms with Crippen LogP contribution in [0.2, 0.25) is 0 Å². The van der Waals surface area contributed by atoms with E-state index in [0.29, 0.717) is 9.90 Å². The largest absolute Gasteiger partial charge is 0.478 e. The number of carboxylic acid groups (broad SMARTS) is 1. The number of carbonyl (C=O) groups excluding carboxylic acids is 1. The number of rotatable bonds is 7. The maximum atomic E-state index is 11.9. The van der Waals surface area contributed by atoms with E-state index in [1.54, 1.807) is 18.2 Å². The number of aromatic carboxylic acids is 1. The standard InChI is InChI=1S/C18H14N4O3S2/c23-15(20-19-10-13-8-4-5-9-14(13)17(24)25)11-26-18-22-21-16(27-18)12-6-2-1-3-7-12/h1-10H,11H2,(H,20,23)(H,24,25). The molecule has 2 aromatic carbocycles. The number of aromatic nitrogens is 2. The first-order chi connectivity index (χ1) is 13.1. The molecule has 0 saturated carbocycles. The fourth-order valence-electron chi connectivity index (χ4n) is 2.10. The molecule has 0 aliphatic heterocycles. The molecule has 3 aromatic rings. The summed E-state index contributed by atoms with van der Waals surface area (Å²) in [4.78, 5) is 23.0. The lowest BCUT2D eigenvalue weighted by molar-refractivity contribution is -0.118. The summed E-state index contributed by atoms with van der Waals surface area (Å²) in [5.74, 6) is -1.24. The van der Waals surface area contributed by atoms with Crippen molar-refractivity contribution in [1.82, 2.24) is 15.6 Å². The summed E-state index contributed by atoms with van der Waals surface area (Å²) < 4.78 is 0.684. The molecule has 0 fully saturated rings. The van der Waals surface area contributed by atoms with Gasteiger partial charge in [-0.15, -0.1) is 10.2 Å². The molecule has 27 heavy (non-hydrogen) atoms. The highest BCUT2D eigenvalue weighted by Gasteiger charge is 2.10. The van der Waals surface area contributed by atoms with Crippen LogP contribution in [0.25, 0.3) is 10.6 Å². The maximum absolute atomic E-state index is 11.9. The van der Waals surface area contributed by atoms with Crippen LogP contribution in [0.5, 0.6) is 0 Å². The first-order valence-electron chi connectivity index (χ1n) is 7.79. The number of carboxylic acids is 1. The molecular weight excluding hydrogens is 384 g/mol. The van der Waals surface area contributed by atoms with E-state index in [1.165, 1.54) is 35.4 Å². The van der Waals surface area contributed by atoms with Gasteiger partial charge in [-0.25, -0.2) is 10.2 Å². The quantitative estimate of drug-likeness (QED) is 0.360. The number of hydrazone groups is 1. The number of nitrogens with zero attached hydrogens (tertiary/aromatic N) is 3. The van der Waals surface area contributed by atoms with Gasteiger partial charge in [-0.2, -0.15) is 5.10 Å². The fraction of sp³-hybridized carbons (Fsp3) is 0.0556. The zero-order valence-electron chi connectivity index (χ0n) is 13.9. The van der Waals surface area contributed by atoms with Crippen LogP contribution < -0.4 is 5.43 Å². The molecular formula is C18H14N4O3S2. The SMILES string of the molecule is O=C(CSc1nnc(-c2ccccc2)s1)NN=Cc1ccccc1C(=O)O. The summed E-state index contributed by atoms with van der Waals surface area (Å²) >= 11 is 2.67. The molecule has 2 N–H and O–H groups in total. The average molecular weight is 398 g/mol. The van der Waals surface area contributed by atoms with E-state index in [1.807, 2.05) is 30.3 Å². The molecule has 0 bridgehead atoms. The van der Waals surface area contributed by atoms with Gasteiger partial charge in [0.2, 0.25) is 0 Å². The normalized spacial score (nSPS) is 10.8. The van der Waals surface area contributed by atoms with Gasteiger partial charge in [0.1, 0.15) is 5.01 Å². The first kappa shape index (κ1) is 18.7. The van der Waals surface area contributed by atoms with E-state index in [4.69, 9.17) is 5.11 Å². The van der Waals surface area contributed by atoms with E-state index in [2.05, 4.69) is 20.7 Å². The highest BCUT2D eigenvalue weighted by atomic mass is 32.2. The third kappa shape index (κ3) is 5.22. The highest BCUT2D eigenvalue weighted by molar-refractivity contribution is 8.01. The van der Waals surface area contributed by atoms with Crippen molar-refractivity contribution in [1.29, 1.82) is 0 Å². The predicted molar refractivity (Wildman–Crippen MR) is 105 cm³/mol. The summed E-state index contributed by atoms with van der Waals surface area (Å²) in [7, 11) is 0. The van der Waals surface area contributed by atoms with Crippen LogP contribution in [-0.4, -0.2) is 39.1 Å². The Morgan fingerprint density at radius 2 is 1.85 bits per heavy atom. The van der Waals surface area contributed by atoms with Crippen LogP contribution in [0, 0.1) is 0 Å². The van der Waals surface area contributed by atoms with Crippen LogP contribution in [-0.2, 0) is 4.79 Å². The minimum absolute atomic E-state index is 0.118. The van der Waals surface area contributed by atoms with Crippen molar-refractivity contribution in [2.75, 3.05) is 5.75 Å². The number of benzene rings is 2. The van der Waals surface area contributed by atoms with Crippen molar-refractivity contribution in [3.63, 3.8) is 0 Å². The monoisotopic (exact) mass is 398 g/mol. The fourth-order valence-corrected chi connectivity index (χ4v) is 3.75. The zero-order valence-corrected chi connectivity index (χ0v) is 15.5. The van der Waals surface area contributed by atoms with Crippen molar-refractivity contribution in [3.8, 4) is 10.6 Å². The van der Waals surface area contributed by atoms with E-state index >= 15 is 0 Å². The van der Waals surface area contributed by atoms with Crippen molar-refractivity contribution in [3.05, 3.63) is 65.7 Å². The Kier molecular flexibility index (Phi) is 6.29. The molecule has 0 unspecified atom stereocenters. The lowest BCUT2D eigenvalue weighted by Crippen LogP contribution is -2.19. The van der Waals surface area contributed by atoms with Gasteiger partial charge in [0.25, 0.3) is 5.91 Å². The molecule has 0 radical (unpaired) electrons. The van der Waals surface area contributed by atoms with Gasteiger partial charge in [0.15, 0.2) is 4.34 Å². The molecule has 1 aromatic heterocycles. The molecule has 9 heteroatoms. The lowest BCUT2D eigenvalue weighted by atomic mass is 10.1. The molecule has 0 aliphatic rings. The summed E-state index contributed by atoms with van der Waals surface area (Å²) in [6.07, 6.45) is 1.31. The second-order valence-corrected chi connectivity index (χ2v) is 7.41. The zero-order chi connectivity index (χ0) is 19.1. The molecule has 3 rings (SSSR count). The van der Waals surface area contributed by atoms with Crippen molar-refractivity contribution >= 4 is 41.2 Å². The molecule has 0 spiro atoms. The third-order valence-corrected chi connectivity index (χ3v) is 5.44. The van der Waals surface area contributed by atoms with Gasteiger partial charge in [-0.05, 0) is 6.07 Å². The maximum Gasteiger partial charge on any atom is 0.336 e. The molecule has 7 nitrogen and oxygen atoms in total. The summed E-state index contributed by atoms with van der Waals surface area (Å²) in [6.45, 7) is 0. The van der Waals surface area contributed by atoms with Gasteiger partial charge in [0, 0.05) is 11.1 Å².